The number of rotatable bonds is 4. The molecule has 2 aliphatic carbocycles. The molecule has 1 amide bonds. The van der Waals surface area contributed by atoms with Gasteiger partial charge >= 0.3 is 0 Å². The van der Waals surface area contributed by atoms with Crippen LogP contribution in [-0.4, -0.2) is 21.8 Å². The predicted octanol–water partition coefficient (Wildman–Crippen LogP) is 3.52. The molecule has 0 N–H and O–H groups in total. The number of aromatic nitrogens is 1. The minimum absolute atomic E-state index is 0.286. The van der Waals surface area contributed by atoms with E-state index in [2.05, 4.69) is 15.3 Å². The first-order valence-corrected chi connectivity index (χ1v) is 8.33. The lowest BCUT2D eigenvalue weighted by molar-refractivity contribution is -0.137. The quantitative estimate of drug-likeness (QED) is 0.844. The Hall–Kier alpha value is -0.900. The van der Waals surface area contributed by atoms with Crippen molar-refractivity contribution in [3.63, 3.8) is 0 Å². The van der Waals surface area contributed by atoms with E-state index in [1.165, 1.54) is 32.1 Å². The van der Waals surface area contributed by atoms with Crippen molar-refractivity contribution in [3.05, 3.63) is 16.1 Å². The monoisotopic (exact) mass is 278 g/mol. The molecule has 0 aliphatic heterocycles. The average molecular weight is 278 g/mol. The van der Waals surface area contributed by atoms with Gasteiger partial charge in [-0.2, -0.15) is 0 Å². The van der Waals surface area contributed by atoms with Gasteiger partial charge in [0.2, 0.25) is 5.91 Å². The molecule has 1 heterocycles. The number of hydrogen-bond donors (Lipinski definition) is 0. The molecule has 0 unspecified atom stereocenters. The van der Waals surface area contributed by atoms with E-state index in [0.717, 1.165) is 30.1 Å². The summed E-state index contributed by atoms with van der Waals surface area (Å²) >= 11 is 1.68. The third-order valence-electron chi connectivity index (χ3n) is 4.22. The van der Waals surface area contributed by atoms with Gasteiger partial charge in [-0.1, -0.05) is 19.3 Å². The molecule has 4 heteroatoms. The maximum absolute atomic E-state index is 12.7. The maximum Gasteiger partial charge on any atom is 0.226 e. The lowest BCUT2D eigenvalue weighted by atomic mass is 9.88. The Morgan fingerprint density at radius 2 is 2.05 bits per heavy atom. The van der Waals surface area contributed by atoms with E-state index < -0.39 is 0 Å². The first-order valence-electron chi connectivity index (χ1n) is 7.45. The number of nitrogens with zero attached hydrogens (tertiary/aromatic N) is 2. The van der Waals surface area contributed by atoms with E-state index in [9.17, 15) is 4.79 Å². The molecule has 0 aromatic carbocycles. The molecule has 0 spiro atoms. The summed E-state index contributed by atoms with van der Waals surface area (Å²) < 4.78 is 0. The topological polar surface area (TPSA) is 33.2 Å². The van der Waals surface area contributed by atoms with E-state index in [1.807, 2.05) is 6.92 Å². The molecule has 0 radical (unpaired) electrons. The highest BCUT2D eigenvalue weighted by Gasteiger charge is 2.36. The van der Waals surface area contributed by atoms with Gasteiger partial charge in [-0.05, 0) is 32.6 Å². The van der Waals surface area contributed by atoms with Gasteiger partial charge < -0.3 is 4.90 Å². The summed E-state index contributed by atoms with van der Waals surface area (Å²) in [6.07, 6.45) is 8.31. The first kappa shape index (κ1) is 13.1. The minimum atomic E-state index is 0.286. The molecule has 19 heavy (non-hydrogen) atoms. The van der Waals surface area contributed by atoms with E-state index >= 15 is 0 Å². The highest BCUT2D eigenvalue weighted by atomic mass is 32.1. The van der Waals surface area contributed by atoms with Gasteiger partial charge in [0, 0.05) is 17.3 Å². The number of thiazole rings is 1. The summed E-state index contributed by atoms with van der Waals surface area (Å²) in [6, 6.07) is 0.497. The van der Waals surface area contributed by atoms with Crippen LogP contribution in [0.5, 0.6) is 0 Å². The van der Waals surface area contributed by atoms with Crippen molar-refractivity contribution >= 4 is 17.2 Å². The van der Waals surface area contributed by atoms with Crippen LogP contribution in [0.15, 0.2) is 5.38 Å². The molecule has 3 rings (SSSR count). The second kappa shape index (κ2) is 5.61. The summed E-state index contributed by atoms with van der Waals surface area (Å²) in [4.78, 5) is 19.3. The Bertz CT molecular complexity index is 447. The van der Waals surface area contributed by atoms with Crippen LogP contribution in [0.4, 0.5) is 0 Å². The van der Waals surface area contributed by atoms with Crippen molar-refractivity contribution in [3.8, 4) is 0 Å². The molecule has 1 aromatic rings. The van der Waals surface area contributed by atoms with Gasteiger partial charge in [0.15, 0.2) is 0 Å². The van der Waals surface area contributed by atoms with Gasteiger partial charge in [0.25, 0.3) is 0 Å². The molecular weight excluding hydrogens is 256 g/mol. The van der Waals surface area contributed by atoms with Gasteiger partial charge in [-0.25, -0.2) is 4.98 Å². The standard InChI is InChI=1S/C15H22N2OS/c1-11-16-13(10-19-11)9-17(14-7-8-14)15(18)12-5-3-2-4-6-12/h10,12,14H,2-9H2,1H3. The van der Waals surface area contributed by atoms with E-state index in [4.69, 9.17) is 0 Å². The van der Waals surface area contributed by atoms with Crippen molar-refractivity contribution in [1.29, 1.82) is 0 Å². The third-order valence-corrected chi connectivity index (χ3v) is 5.05. The molecule has 2 saturated carbocycles. The second-order valence-corrected chi connectivity index (χ2v) is 6.95. The van der Waals surface area contributed by atoms with Crippen molar-refractivity contribution in [2.24, 2.45) is 5.92 Å². The Kier molecular flexibility index (Phi) is 3.87. The number of hydrogen-bond acceptors (Lipinski definition) is 3. The molecule has 2 aliphatic rings. The van der Waals surface area contributed by atoms with Crippen LogP contribution in [0.1, 0.15) is 55.6 Å². The fourth-order valence-corrected chi connectivity index (χ4v) is 3.62. The summed E-state index contributed by atoms with van der Waals surface area (Å²) in [5.41, 5.74) is 1.07. The van der Waals surface area contributed by atoms with Crippen LogP contribution >= 0.6 is 11.3 Å². The van der Waals surface area contributed by atoms with Crippen LogP contribution in [0, 0.1) is 12.8 Å². The lowest BCUT2D eigenvalue weighted by Gasteiger charge is -2.29. The Morgan fingerprint density at radius 1 is 1.32 bits per heavy atom. The van der Waals surface area contributed by atoms with Crippen molar-refractivity contribution in [2.45, 2.75) is 64.5 Å². The average Bonchev–Trinajstić information content (AvgIpc) is 3.20. The number of aryl methyl sites for hydroxylation is 1. The summed E-state index contributed by atoms with van der Waals surface area (Å²) in [6.45, 7) is 2.75. The largest absolute Gasteiger partial charge is 0.334 e. The van der Waals surface area contributed by atoms with E-state index in [1.54, 1.807) is 11.3 Å². The molecule has 104 valence electrons. The van der Waals surface area contributed by atoms with Crippen LogP contribution in [0.3, 0.4) is 0 Å². The fourth-order valence-electron chi connectivity index (χ4n) is 3.01. The van der Waals surface area contributed by atoms with Crippen LogP contribution in [0.2, 0.25) is 0 Å². The molecule has 3 nitrogen and oxygen atoms in total. The Labute approximate surface area is 119 Å². The summed E-state index contributed by atoms with van der Waals surface area (Å²) in [5, 5.41) is 3.19. The maximum atomic E-state index is 12.7. The number of carbonyl (C=O) groups excluding carboxylic acids is 1. The fraction of sp³-hybridized carbons (Fsp3) is 0.733. The summed E-state index contributed by atoms with van der Waals surface area (Å²) in [5.74, 6) is 0.682. The lowest BCUT2D eigenvalue weighted by Crippen LogP contribution is -2.38. The van der Waals surface area contributed by atoms with Gasteiger partial charge in [-0.15, -0.1) is 11.3 Å². The second-order valence-electron chi connectivity index (χ2n) is 5.89. The molecule has 1 aromatic heterocycles. The zero-order valence-corrected chi connectivity index (χ0v) is 12.4. The van der Waals surface area contributed by atoms with E-state index in [0.29, 0.717) is 11.9 Å². The highest BCUT2D eigenvalue weighted by molar-refractivity contribution is 7.09. The smallest absolute Gasteiger partial charge is 0.226 e. The van der Waals surface area contributed by atoms with Crippen molar-refractivity contribution < 1.29 is 4.79 Å². The van der Waals surface area contributed by atoms with Crippen molar-refractivity contribution in [1.82, 2.24) is 9.88 Å². The molecule has 2 fully saturated rings. The Morgan fingerprint density at radius 3 is 2.63 bits per heavy atom. The molecule has 0 atom stereocenters. The molecule has 0 saturated heterocycles. The predicted molar refractivity (Wildman–Crippen MR) is 77.0 cm³/mol. The Balaban J connectivity index is 1.67. The van der Waals surface area contributed by atoms with Crippen LogP contribution in [-0.2, 0) is 11.3 Å². The third kappa shape index (κ3) is 3.16. The highest BCUT2D eigenvalue weighted by Crippen LogP contribution is 2.33. The molecule has 0 bridgehead atoms. The first-order chi connectivity index (χ1) is 9.24. The number of carbonyl (C=O) groups is 1. The normalized spacial score (nSPS) is 20.5. The zero-order valence-electron chi connectivity index (χ0n) is 11.6. The van der Waals surface area contributed by atoms with Gasteiger partial charge in [-0.3, -0.25) is 4.79 Å². The van der Waals surface area contributed by atoms with Gasteiger partial charge in [0.05, 0.1) is 17.2 Å². The van der Waals surface area contributed by atoms with Crippen LogP contribution < -0.4 is 0 Å². The molecular formula is C15H22N2OS. The van der Waals surface area contributed by atoms with E-state index in [-0.39, 0.29) is 5.92 Å². The van der Waals surface area contributed by atoms with Crippen molar-refractivity contribution in [2.75, 3.05) is 0 Å². The number of amides is 1. The SMILES string of the molecule is Cc1nc(CN(C(=O)C2CCCCC2)C2CC2)cs1. The minimum Gasteiger partial charge on any atom is -0.334 e. The van der Waals surface area contributed by atoms with Crippen LogP contribution in [0.25, 0.3) is 0 Å². The van der Waals surface area contributed by atoms with Gasteiger partial charge in [0.1, 0.15) is 0 Å². The zero-order chi connectivity index (χ0) is 13.2. The summed E-state index contributed by atoms with van der Waals surface area (Å²) in [7, 11) is 0.